The monoisotopic (exact) mass is 277 g/mol. The van der Waals surface area contributed by atoms with Gasteiger partial charge in [0, 0.05) is 13.0 Å². The summed E-state index contributed by atoms with van der Waals surface area (Å²) in [5.74, 6) is 0.921. The van der Waals surface area contributed by atoms with E-state index in [4.69, 9.17) is 9.47 Å². The molecule has 0 amide bonds. The molecule has 0 radical (unpaired) electrons. The Labute approximate surface area is 122 Å². The summed E-state index contributed by atoms with van der Waals surface area (Å²) in [6.07, 6.45) is 1.01. The van der Waals surface area contributed by atoms with Gasteiger partial charge in [-0.25, -0.2) is 0 Å². The highest BCUT2D eigenvalue weighted by molar-refractivity contribution is 5.27. The molecule has 1 unspecified atom stereocenters. The molecular weight excluding hydrogens is 250 g/mol. The van der Waals surface area contributed by atoms with E-state index in [1.165, 1.54) is 5.56 Å². The van der Waals surface area contributed by atoms with Crippen LogP contribution in [0.3, 0.4) is 0 Å². The smallest absolute Gasteiger partial charge is 0.130 e. The average Bonchev–Trinajstić information content (AvgIpc) is 2.56. The van der Waals surface area contributed by atoms with Gasteiger partial charge >= 0.3 is 0 Å². The predicted octanol–water partition coefficient (Wildman–Crippen LogP) is 3.52. The molecule has 1 aliphatic rings. The number of rotatable bonds is 5. The molecule has 1 aromatic carbocycles. The number of hydrogen-bond acceptors (Lipinski definition) is 3. The molecule has 3 heteroatoms. The Morgan fingerprint density at radius 2 is 1.85 bits per heavy atom. The van der Waals surface area contributed by atoms with E-state index in [0.29, 0.717) is 0 Å². The fourth-order valence-corrected chi connectivity index (χ4v) is 2.81. The van der Waals surface area contributed by atoms with Gasteiger partial charge < -0.3 is 14.8 Å². The van der Waals surface area contributed by atoms with Crippen molar-refractivity contribution in [3.05, 3.63) is 29.8 Å². The fourth-order valence-electron chi connectivity index (χ4n) is 2.81. The summed E-state index contributed by atoms with van der Waals surface area (Å²) in [6, 6.07) is 8.33. The largest absolute Gasteiger partial charge is 0.487 e. The van der Waals surface area contributed by atoms with Gasteiger partial charge in [0.15, 0.2) is 0 Å². The molecule has 1 saturated heterocycles. The van der Waals surface area contributed by atoms with Gasteiger partial charge in [-0.15, -0.1) is 0 Å². The Morgan fingerprint density at radius 3 is 2.35 bits per heavy atom. The maximum absolute atomic E-state index is 6.14. The molecule has 112 valence electrons. The van der Waals surface area contributed by atoms with E-state index in [1.54, 1.807) is 0 Å². The molecule has 0 aromatic heterocycles. The molecule has 20 heavy (non-hydrogen) atoms. The van der Waals surface area contributed by atoms with E-state index in [2.05, 4.69) is 52.1 Å². The summed E-state index contributed by atoms with van der Waals surface area (Å²) in [6.45, 7) is 12.5. The van der Waals surface area contributed by atoms with Crippen molar-refractivity contribution in [3.8, 4) is 5.75 Å². The van der Waals surface area contributed by atoms with Crippen molar-refractivity contribution in [1.29, 1.82) is 0 Å². The topological polar surface area (TPSA) is 30.5 Å². The van der Waals surface area contributed by atoms with Crippen molar-refractivity contribution in [2.45, 2.75) is 64.9 Å². The van der Waals surface area contributed by atoms with Crippen LogP contribution in [-0.4, -0.2) is 23.9 Å². The van der Waals surface area contributed by atoms with E-state index in [9.17, 15) is 0 Å². The molecule has 1 N–H and O–H groups in total. The van der Waals surface area contributed by atoms with Crippen LogP contribution in [0, 0.1) is 0 Å². The number of benzene rings is 1. The van der Waals surface area contributed by atoms with Crippen LogP contribution in [-0.2, 0) is 11.3 Å². The molecule has 0 aliphatic carbocycles. The maximum Gasteiger partial charge on any atom is 0.130 e. The molecule has 0 spiro atoms. The van der Waals surface area contributed by atoms with Crippen molar-refractivity contribution in [1.82, 2.24) is 5.32 Å². The minimum Gasteiger partial charge on any atom is -0.487 e. The van der Waals surface area contributed by atoms with E-state index in [-0.39, 0.29) is 17.3 Å². The highest BCUT2D eigenvalue weighted by Crippen LogP contribution is 2.39. The lowest BCUT2D eigenvalue weighted by molar-refractivity contribution is -0.0846. The lowest BCUT2D eigenvalue weighted by atomic mass is 9.97. The maximum atomic E-state index is 6.14. The van der Waals surface area contributed by atoms with Crippen LogP contribution in [0.5, 0.6) is 5.75 Å². The Balaban J connectivity index is 2.00. The highest BCUT2D eigenvalue weighted by Gasteiger charge is 2.47. The van der Waals surface area contributed by atoms with E-state index in [0.717, 1.165) is 25.3 Å². The number of ether oxygens (including phenoxy) is 2. The third-order valence-corrected chi connectivity index (χ3v) is 3.77. The minimum absolute atomic E-state index is 0.0946. The molecule has 3 nitrogen and oxygen atoms in total. The summed E-state index contributed by atoms with van der Waals surface area (Å²) < 4.78 is 12.2. The molecular formula is C17H27NO2. The summed E-state index contributed by atoms with van der Waals surface area (Å²) in [7, 11) is 0. The van der Waals surface area contributed by atoms with Crippen molar-refractivity contribution >= 4 is 0 Å². The first-order valence-electron chi connectivity index (χ1n) is 7.49. The standard InChI is InChI=1S/C17H27NO2/c1-6-18-12-13-7-9-14(10-8-13)19-15-11-16(2,3)20-17(15,4)5/h7-10,15,18H,6,11-12H2,1-5H3. The molecule has 1 aromatic rings. The Kier molecular flexibility index (Phi) is 4.40. The molecule has 1 aliphatic heterocycles. The van der Waals surface area contributed by atoms with Crippen molar-refractivity contribution < 1.29 is 9.47 Å². The number of hydrogen-bond donors (Lipinski definition) is 1. The first-order valence-corrected chi connectivity index (χ1v) is 7.49. The SMILES string of the molecule is CCNCc1ccc(OC2CC(C)(C)OC2(C)C)cc1. The Morgan fingerprint density at radius 1 is 1.20 bits per heavy atom. The van der Waals surface area contributed by atoms with Gasteiger partial charge in [-0.05, 0) is 51.9 Å². The summed E-state index contributed by atoms with van der Waals surface area (Å²) in [4.78, 5) is 0. The van der Waals surface area contributed by atoms with Crippen LogP contribution in [0.1, 0.15) is 46.6 Å². The van der Waals surface area contributed by atoms with Crippen molar-refractivity contribution in [3.63, 3.8) is 0 Å². The van der Waals surface area contributed by atoms with E-state index in [1.807, 2.05) is 12.1 Å². The first kappa shape index (κ1) is 15.3. The van der Waals surface area contributed by atoms with Crippen LogP contribution in [0.25, 0.3) is 0 Å². The quantitative estimate of drug-likeness (QED) is 0.893. The van der Waals surface area contributed by atoms with Gasteiger partial charge in [-0.1, -0.05) is 19.1 Å². The average molecular weight is 277 g/mol. The van der Waals surface area contributed by atoms with E-state index >= 15 is 0 Å². The van der Waals surface area contributed by atoms with Gasteiger partial charge in [-0.3, -0.25) is 0 Å². The minimum atomic E-state index is -0.244. The zero-order chi connectivity index (χ0) is 14.8. The van der Waals surface area contributed by atoms with Gasteiger partial charge in [-0.2, -0.15) is 0 Å². The lowest BCUT2D eigenvalue weighted by Crippen LogP contribution is -2.36. The van der Waals surface area contributed by atoms with Crippen LogP contribution in [0.2, 0.25) is 0 Å². The third kappa shape index (κ3) is 3.74. The zero-order valence-electron chi connectivity index (χ0n) is 13.3. The highest BCUT2D eigenvalue weighted by atomic mass is 16.6. The summed E-state index contributed by atoms with van der Waals surface area (Å²) in [5, 5.41) is 3.32. The third-order valence-electron chi connectivity index (χ3n) is 3.77. The molecule has 2 rings (SSSR count). The zero-order valence-corrected chi connectivity index (χ0v) is 13.3. The molecule has 0 saturated carbocycles. The lowest BCUT2D eigenvalue weighted by Gasteiger charge is -2.27. The Hall–Kier alpha value is -1.06. The molecule has 0 bridgehead atoms. The predicted molar refractivity (Wildman–Crippen MR) is 82.1 cm³/mol. The van der Waals surface area contributed by atoms with Gasteiger partial charge in [0.25, 0.3) is 0 Å². The van der Waals surface area contributed by atoms with Crippen LogP contribution >= 0.6 is 0 Å². The van der Waals surface area contributed by atoms with Gasteiger partial charge in [0.1, 0.15) is 17.5 Å². The second kappa shape index (κ2) is 5.74. The van der Waals surface area contributed by atoms with Gasteiger partial charge in [0.2, 0.25) is 0 Å². The van der Waals surface area contributed by atoms with Crippen LogP contribution in [0.15, 0.2) is 24.3 Å². The summed E-state index contributed by atoms with van der Waals surface area (Å²) in [5.41, 5.74) is 0.923. The van der Waals surface area contributed by atoms with E-state index < -0.39 is 0 Å². The van der Waals surface area contributed by atoms with Crippen molar-refractivity contribution in [2.24, 2.45) is 0 Å². The fraction of sp³-hybridized carbons (Fsp3) is 0.647. The molecule has 1 atom stereocenters. The summed E-state index contributed by atoms with van der Waals surface area (Å²) >= 11 is 0. The first-order chi connectivity index (χ1) is 9.32. The molecule has 1 heterocycles. The second-order valence-corrected chi connectivity index (χ2v) is 6.70. The normalized spacial score (nSPS) is 23.8. The number of nitrogens with one attached hydrogen (secondary N) is 1. The second-order valence-electron chi connectivity index (χ2n) is 6.70. The van der Waals surface area contributed by atoms with Gasteiger partial charge in [0.05, 0.1) is 5.60 Å². The Bertz CT molecular complexity index is 437. The van der Waals surface area contributed by atoms with Crippen LogP contribution in [0.4, 0.5) is 0 Å². The molecule has 1 fully saturated rings. The van der Waals surface area contributed by atoms with Crippen LogP contribution < -0.4 is 10.1 Å². The van der Waals surface area contributed by atoms with Crippen molar-refractivity contribution in [2.75, 3.05) is 6.54 Å².